The van der Waals surface area contributed by atoms with E-state index in [0.29, 0.717) is 17.3 Å². The summed E-state index contributed by atoms with van der Waals surface area (Å²) in [5.41, 5.74) is 2.65. The molecule has 3 rings (SSSR count). The molecule has 2 aromatic heterocycles. The maximum Gasteiger partial charge on any atom is 0.249 e. The highest BCUT2D eigenvalue weighted by atomic mass is 16.5. The zero-order valence-electron chi connectivity index (χ0n) is 14.3. The smallest absolute Gasteiger partial charge is 0.249 e. The average molecular weight is 337 g/mol. The predicted molar refractivity (Wildman–Crippen MR) is 93.6 cm³/mol. The number of aryl methyl sites for hydroxylation is 1. The summed E-state index contributed by atoms with van der Waals surface area (Å²) >= 11 is 0. The molecule has 0 aliphatic rings. The number of nitrogens with one attached hydrogen (secondary N) is 1. The Morgan fingerprint density at radius 3 is 2.84 bits per heavy atom. The van der Waals surface area contributed by atoms with Gasteiger partial charge in [-0.2, -0.15) is 5.10 Å². The number of aromatic nitrogens is 4. The predicted octanol–water partition coefficient (Wildman–Crippen LogP) is 3.28. The molecule has 0 radical (unpaired) electrons. The molecule has 1 aromatic carbocycles. The van der Waals surface area contributed by atoms with Crippen molar-refractivity contribution in [2.45, 2.75) is 26.8 Å². The van der Waals surface area contributed by atoms with E-state index in [1.807, 2.05) is 32.0 Å². The van der Waals surface area contributed by atoms with Gasteiger partial charge in [0, 0.05) is 6.20 Å². The van der Waals surface area contributed by atoms with Gasteiger partial charge in [0.15, 0.2) is 0 Å². The highest BCUT2D eigenvalue weighted by Gasteiger charge is 2.18. The van der Waals surface area contributed by atoms with Gasteiger partial charge in [-0.15, -0.1) is 0 Å². The number of benzene rings is 1. The molecule has 1 N–H and O–H groups in total. The zero-order chi connectivity index (χ0) is 17.8. The van der Waals surface area contributed by atoms with Crippen LogP contribution in [0.3, 0.4) is 0 Å². The number of nitrogens with zero attached hydrogens (tertiary/aromatic N) is 4. The fourth-order valence-electron chi connectivity index (χ4n) is 2.28. The third kappa shape index (κ3) is 3.65. The Morgan fingerprint density at radius 1 is 1.24 bits per heavy atom. The molecule has 25 heavy (non-hydrogen) atoms. The van der Waals surface area contributed by atoms with Gasteiger partial charge >= 0.3 is 0 Å². The van der Waals surface area contributed by atoms with Crippen LogP contribution < -0.4 is 10.1 Å². The van der Waals surface area contributed by atoms with Crippen LogP contribution in [0.1, 0.15) is 24.1 Å². The molecule has 7 heteroatoms. The maximum atomic E-state index is 12.5. The largest absolute Gasteiger partial charge is 0.437 e. The van der Waals surface area contributed by atoms with Gasteiger partial charge in [0.2, 0.25) is 11.8 Å². The normalized spacial score (nSPS) is 11.8. The minimum Gasteiger partial charge on any atom is -0.437 e. The Balaban J connectivity index is 1.81. The first-order valence-electron chi connectivity index (χ1n) is 7.90. The van der Waals surface area contributed by atoms with Crippen LogP contribution in [0.2, 0.25) is 0 Å². The van der Waals surface area contributed by atoms with E-state index in [1.165, 1.54) is 17.3 Å². The standard InChI is InChI=1S/C18H19N5O2/c1-12-6-4-8-16(13(12)2)25-18-15(7-5-9-20-18)22-17(24)14(3)23-11-19-10-21-23/h4-11,14H,1-3H3,(H,22,24). The molecule has 1 atom stereocenters. The molecule has 0 fully saturated rings. The van der Waals surface area contributed by atoms with Crippen LogP contribution in [0.5, 0.6) is 11.6 Å². The van der Waals surface area contributed by atoms with Gasteiger partial charge in [-0.1, -0.05) is 12.1 Å². The van der Waals surface area contributed by atoms with Crippen molar-refractivity contribution in [3.63, 3.8) is 0 Å². The maximum absolute atomic E-state index is 12.5. The quantitative estimate of drug-likeness (QED) is 0.772. The van der Waals surface area contributed by atoms with Gasteiger partial charge in [-0.25, -0.2) is 14.6 Å². The summed E-state index contributed by atoms with van der Waals surface area (Å²) in [7, 11) is 0. The number of carbonyl (C=O) groups excluding carboxylic acids is 1. The van der Waals surface area contributed by atoms with Crippen molar-refractivity contribution in [2.75, 3.05) is 5.32 Å². The summed E-state index contributed by atoms with van der Waals surface area (Å²) in [5.74, 6) is 0.818. The van der Waals surface area contributed by atoms with Crippen LogP contribution in [0.4, 0.5) is 5.69 Å². The van der Waals surface area contributed by atoms with Gasteiger partial charge in [-0.3, -0.25) is 4.79 Å². The summed E-state index contributed by atoms with van der Waals surface area (Å²) in [6.45, 7) is 5.74. The van der Waals surface area contributed by atoms with Crippen molar-refractivity contribution >= 4 is 11.6 Å². The van der Waals surface area contributed by atoms with Crippen molar-refractivity contribution in [1.82, 2.24) is 19.7 Å². The molecule has 1 unspecified atom stereocenters. The highest BCUT2D eigenvalue weighted by molar-refractivity contribution is 5.94. The molecule has 0 aliphatic heterocycles. The lowest BCUT2D eigenvalue weighted by Crippen LogP contribution is -2.24. The van der Waals surface area contributed by atoms with Crippen molar-refractivity contribution in [1.29, 1.82) is 0 Å². The van der Waals surface area contributed by atoms with Crippen molar-refractivity contribution in [3.8, 4) is 11.6 Å². The summed E-state index contributed by atoms with van der Waals surface area (Å²) in [6, 6.07) is 8.80. The lowest BCUT2D eigenvalue weighted by molar-refractivity contribution is -0.119. The molecule has 0 spiro atoms. The minimum absolute atomic E-state index is 0.232. The summed E-state index contributed by atoms with van der Waals surface area (Å²) < 4.78 is 7.41. The number of hydrogen-bond donors (Lipinski definition) is 1. The molecule has 2 heterocycles. The van der Waals surface area contributed by atoms with E-state index >= 15 is 0 Å². The number of amides is 1. The van der Waals surface area contributed by atoms with Crippen LogP contribution in [0.25, 0.3) is 0 Å². The Hall–Kier alpha value is -3.22. The van der Waals surface area contributed by atoms with E-state index in [-0.39, 0.29) is 5.91 Å². The molecule has 0 saturated carbocycles. The second kappa shape index (κ2) is 7.12. The van der Waals surface area contributed by atoms with Gasteiger partial charge in [0.05, 0.1) is 0 Å². The van der Waals surface area contributed by atoms with Crippen LogP contribution in [0, 0.1) is 13.8 Å². The summed E-state index contributed by atoms with van der Waals surface area (Å²) in [5, 5.41) is 6.83. The lowest BCUT2D eigenvalue weighted by Gasteiger charge is -2.15. The highest BCUT2D eigenvalue weighted by Crippen LogP contribution is 2.30. The van der Waals surface area contributed by atoms with Crippen molar-refractivity contribution < 1.29 is 9.53 Å². The first kappa shape index (κ1) is 16.6. The number of carbonyl (C=O) groups is 1. The van der Waals surface area contributed by atoms with Crippen molar-refractivity contribution in [3.05, 3.63) is 60.3 Å². The van der Waals surface area contributed by atoms with Gasteiger partial charge in [0.25, 0.3) is 0 Å². The number of hydrogen-bond acceptors (Lipinski definition) is 5. The molecule has 128 valence electrons. The lowest BCUT2D eigenvalue weighted by atomic mass is 10.1. The van der Waals surface area contributed by atoms with Crippen LogP contribution in [0.15, 0.2) is 49.2 Å². The Labute approximate surface area is 145 Å². The first-order valence-corrected chi connectivity index (χ1v) is 7.90. The molecule has 0 saturated heterocycles. The SMILES string of the molecule is Cc1cccc(Oc2ncccc2NC(=O)C(C)n2cncn2)c1C. The van der Waals surface area contributed by atoms with Crippen molar-refractivity contribution in [2.24, 2.45) is 0 Å². The Morgan fingerprint density at radius 2 is 2.08 bits per heavy atom. The Bertz CT molecular complexity index is 877. The molecule has 0 aliphatic carbocycles. The number of rotatable bonds is 5. The van der Waals surface area contributed by atoms with E-state index in [0.717, 1.165) is 11.1 Å². The van der Waals surface area contributed by atoms with Crippen LogP contribution in [-0.2, 0) is 4.79 Å². The second-order valence-electron chi connectivity index (χ2n) is 5.70. The number of anilines is 1. The second-order valence-corrected chi connectivity index (χ2v) is 5.70. The van der Waals surface area contributed by atoms with E-state index < -0.39 is 6.04 Å². The Kier molecular flexibility index (Phi) is 4.74. The topological polar surface area (TPSA) is 81.9 Å². The number of pyridine rings is 1. The van der Waals surface area contributed by atoms with Crippen LogP contribution in [-0.4, -0.2) is 25.7 Å². The number of ether oxygens (including phenoxy) is 1. The first-order chi connectivity index (χ1) is 12.1. The van der Waals surface area contributed by atoms with E-state index in [4.69, 9.17) is 4.74 Å². The molecule has 3 aromatic rings. The fraction of sp³-hybridized carbons (Fsp3) is 0.222. The fourth-order valence-corrected chi connectivity index (χ4v) is 2.28. The zero-order valence-corrected chi connectivity index (χ0v) is 14.3. The van der Waals surface area contributed by atoms with E-state index in [9.17, 15) is 4.79 Å². The molecule has 0 bridgehead atoms. The van der Waals surface area contributed by atoms with Gasteiger partial charge < -0.3 is 10.1 Å². The summed E-state index contributed by atoms with van der Waals surface area (Å²) in [4.78, 5) is 20.6. The summed E-state index contributed by atoms with van der Waals surface area (Å²) in [6.07, 6.45) is 4.51. The minimum atomic E-state index is -0.503. The van der Waals surface area contributed by atoms with Gasteiger partial charge in [0.1, 0.15) is 30.1 Å². The average Bonchev–Trinajstić information content (AvgIpc) is 3.14. The third-order valence-corrected chi connectivity index (χ3v) is 4.00. The van der Waals surface area contributed by atoms with Crippen LogP contribution >= 0.6 is 0 Å². The van der Waals surface area contributed by atoms with E-state index in [1.54, 1.807) is 25.3 Å². The molecule has 7 nitrogen and oxygen atoms in total. The van der Waals surface area contributed by atoms with E-state index in [2.05, 4.69) is 20.4 Å². The van der Waals surface area contributed by atoms with Gasteiger partial charge in [-0.05, 0) is 50.1 Å². The molecular weight excluding hydrogens is 318 g/mol. The molecular formula is C18H19N5O2. The third-order valence-electron chi connectivity index (χ3n) is 4.00. The molecule has 1 amide bonds. The monoisotopic (exact) mass is 337 g/mol.